The van der Waals surface area contributed by atoms with E-state index in [4.69, 9.17) is 10.5 Å². The van der Waals surface area contributed by atoms with Crippen LogP contribution in [0.5, 0.6) is 5.75 Å². The van der Waals surface area contributed by atoms with Gasteiger partial charge in [-0.25, -0.2) is 0 Å². The molecule has 2 fully saturated rings. The fraction of sp³-hybridized carbons (Fsp3) is 0.632. The van der Waals surface area contributed by atoms with E-state index in [0.717, 1.165) is 43.7 Å². The van der Waals surface area contributed by atoms with Crippen LogP contribution in [-0.2, 0) is 11.2 Å². The first-order valence-electron chi connectivity index (χ1n) is 9.03. The zero-order valence-corrected chi connectivity index (χ0v) is 13.6. The number of anilines is 1. The Bertz CT molecular complexity index is 587. The van der Waals surface area contributed by atoms with Crippen LogP contribution in [0.3, 0.4) is 0 Å². The highest BCUT2D eigenvalue weighted by Gasteiger charge is 2.40. The molecule has 0 aromatic heterocycles. The predicted octanol–water partition coefficient (Wildman–Crippen LogP) is 3.10. The fourth-order valence-electron chi connectivity index (χ4n) is 4.69. The van der Waals surface area contributed by atoms with Crippen molar-refractivity contribution in [2.24, 2.45) is 23.5 Å². The van der Waals surface area contributed by atoms with Crippen molar-refractivity contribution in [1.29, 1.82) is 0 Å². The van der Waals surface area contributed by atoms with Gasteiger partial charge in [-0.15, -0.1) is 0 Å². The van der Waals surface area contributed by atoms with E-state index in [-0.39, 0.29) is 11.8 Å². The zero-order chi connectivity index (χ0) is 15.8. The van der Waals surface area contributed by atoms with Crippen molar-refractivity contribution in [1.82, 2.24) is 0 Å². The number of carbonyl (C=O) groups is 1. The highest BCUT2D eigenvalue weighted by atomic mass is 16.5. The maximum Gasteiger partial charge on any atom is 0.227 e. The van der Waals surface area contributed by atoms with Gasteiger partial charge in [-0.2, -0.15) is 0 Å². The standard InChI is InChI=1S/C19H26N2O2/c20-18-13-3-1-4-14(18)10-15(9-13)19(22)21-16-6-7-17-12(11-16)5-2-8-23-17/h6-7,11,13-15,18H,1-5,8-10,20H2,(H,21,22). The quantitative estimate of drug-likeness (QED) is 0.881. The number of hydrogen-bond acceptors (Lipinski definition) is 3. The van der Waals surface area contributed by atoms with Crippen molar-refractivity contribution >= 4 is 11.6 Å². The molecule has 3 aliphatic rings. The number of aryl methyl sites for hydroxylation is 1. The summed E-state index contributed by atoms with van der Waals surface area (Å²) >= 11 is 0. The van der Waals surface area contributed by atoms with Gasteiger partial charge >= 0.3 is 0 Å². The molecule has 2 saturated carbocycles. The van der Waals surface area contributed by atoms with Crippen LogP contribution in [-0.4, -0.2) is 18.6 Å². The lowest BCUT2D eigenvalue weighted by Gasteiger charge is -2.43. The summed E-state index contributed by atoms with van der Waals surface area (Å²) in [5.41, 5.74) is 8.44. The van der Waals surface area contributed by atoms with Crippen molar-refractivity contribution in [3.05, 3.63) is 23.8 Å². The van der Waals surface area contributed by atoms with Gasteiger partial charge < -0.3 is 15.8 Å². The first-order chi connectivity index (χ1) is 11.2. The molecule has 23 heavy (non-hydrogen) atoms. The summed E-state index contributed by atoms with van der Waals surface area (Å²) in [5.74, 6) is 2.33. The Labute approximate surface area is 137 Å². The van der Waals surface area contributed by atoms with Crippen molar-refractivity contribution < 1.29 is 9.53 Å². The number of amides is 1. The van der Waals surface area contributed by atoms with E-state index in [0.29, 0.717) is 17.9 Å². The first-order valence-corrected chi connectivity index (χ1v) is 9.03. The molecule has 3 N–H and O–H groups in total. The van der Waals surface area contributed by atoms with Gasteiger partial charge in [0.05, 0.1) is 6.61 Å². The van der Waals surface area contributed by atoms with Gasteiger partial charge in [0.2, 0.25) is 5.91 Å². The number of rotatable bonds is 2. The Morgan fingerprint density at radius 1 is 1.17 bits per heavy atom. The minimum atomic E-state index is 0.123. The minimum Gasteiger partial charge on any atom is -0.493 e. The number of nitrogens with one attached hydrogen (secondary N) is 1. The topological polar surface area (TPSA) is 64.4 Å². The molecule has 1 aromatic carbocycles. The molecule has 2 atom stereocenters. The normalized spacial score (nSPS) is 32.6. The van der Waals surface area contributed by atoms with Crippen LogP contribution >= 0.6 is 0 Å². The molecular formula is C19H26N2O2. The van der Waals surface area contributed by atoms with Crippen LogP contribution in [0.1, 0.15) is 44.1 Å². The van der Waals surface area contributed by atoms with Crippen LogP contribution in [0.4, 0.5) is 5.69 Å². The number of nitrogens with two attached hydrogens (primary N) is 1. The highest BCUT2D eigenvalue weighted by Crippen LogP contribution is 2.42. The molecule has 0 spiro atoms. The average molecular weight is 314 g/mol. The van der Waals surface area contributed by atoms with Gasteiger partial charge in [0.1, 0.15) is 5.75 Å². The molecule has 4 nitrogen and oxygen atoms in total. The Kier molecular flexibility index (Phi) is 4.02. The van der Waals surface area contributed by atoms with Crippen LogP contribution < -0.4 is 15.8 Å². The predicted molar refractivity (Wildman–Crippen MR) is 90.4 cm³/mol. The Morgan fingerprint density at radius 3 is 2.74 bits per heavy atom. The van der Waals surface area contributed by atoms with Gasteiger partial charge in [-0.3, -0.25) is 4.79 Å². The summed E-state index contributed by atoms with van der Waals surface area (Å²) in [7, 11) is 0. The summed E-state index contributed by atoms with van der Waals surface area (Å²) in [4.78, 5) is 12.7. The number of benzene rings is 1. The van der Waals surface area contributed by atoms with Crippen LogP contribution in [0.2, 0.25) is 0 Å². The summed E-state index contributed by atoms with van der Waals surface area (Å²) in [6, 6.07) is 6.32. The molecule has 1 aromatic rings. The first kappa shape index (κ1) is 15.0. The number of ether oxygens (including phenoxy) is 1. The fourth-order valence-corrected chi connectivity index (χ4v) is 4.69. The lowest BCUT2D eigenvalue weighted by Crippen LogP contribution is -2.48. The Balaban J connectivity index is 1.44. The Hall–Kier alpha value is -1.55. The summed E-state index contributed by atoms with van der Waals surface area (Å²) < 4.78 is 5.64. The van der Waals surface area contributed by atoms with Crippen molar-refractivity contribution in [3.8, 4) is 5.75 Å². The molecule has 1 heterocycles. The third kappa shape index (κ3) is 2.97. The second-order valence-corrected chi connectivity index (χ2v) is 7.46. The molecule has 2 unspecified atom stereocenters. The lowest BCUT2D eigenvalue weighted by molar-refractivity contribution is -0.122. The van der Waals surface area contributed by atoms with E-state index in [1.807, 2.05) is 12.1 Å². The summed E-state index contributed by atoms with van der Waals surface area (Å²) in [5, 5.41) is 3.13. The van der Waals surface area contributed by atoms with Crippen molar-refractivity contribution in [2.75, 3.05) is 11.9 Å². The molecule has 1 amide bonds. The smallest absolute Gasteiger partial charge is 0.227 e. The molecular weight excluding hydrogens is 288 g/mol. The second-order valence-electron chi connectivity index (χ2n) is 7.46. The van der Waals surface area contributed by atoms with Crippen molar-refractivity contribution in [2.45, 2.75) is 51.0 Å². The Morgan fingerprint density at radius 2 is 1.96 bits per heavy atom. The van der Waals surface area contributed by atoms with E-state index < -0.39 is 0 Å². The van der Waals surface area contributed by atoms with Gasteiger partial charge in [-0.05, 0) is 74.1 Å². The van der Waals surface area contributed by atoms with E-state index in [1.54, 1.807) is 0 Å². The molecule has 2 aliphatic carbocycles. The van der Waals surface area contributed by atoms with Gasteiger partial charge in [0, 0.05) is 17.6 Å². The summed E-state index contributed by atoms with van der Waals surface area (Å²) in [6.45, 7) is 0.795. The number of fused-ring (bicyclic) bond motifs is 3. The molecule has 0 radical (unpaired) electrons. The van der Waals surface area contributed by atoms with E-state index in [1.165, 1.54) is 24.8 Å². The number of hydrogen-bond donors (Lipinski definition) is 2. The largest absolute Gasteiger partial charge is 0.493 e. The third-order valence-corrected chi connectivity index (χ3v) is 5.96. The minimum absolute atomic E-state index is 0.123. The molecule has 1 aliphatic heterocycles. The molecule has 4 rings (SSSR count). The monoisotopic (exact) mass is 314 g/mol. The maximum absolute atomic E-state index is 12.7. The van der Waals surface area contributed by atoms with E-state index in [2.05, 4.69) is 11.4 Å². The van der Waals surface area contributed by atoms with Crippen LogP contribution in [0, 0.1) is 17.8 Å². The van der Waals surface area contributed by atoms with E-state index in [9.17, 15) is 4.79 Å². The molecule has 0 saturated heterocycles. The third-order valence-electron chi connectivity index (χ3n) is 5.96. The van der Waals surface area contributed by atoms with E-state index >= 15 is 0 Å². The van der Waals surface area contributed by atoms with Crippen molar-refractivity contribution in [3.63, 3.8) is 0 Å². The highest BCUT2D eigenvalue weighted by molar-refractivity contribution is 5.92. The lowest BCUT2D eigenvalue weighted by atomic mass is 9.65. The van der Waals surface area contributed by atoms with Crippen LogP contribution in [0.25, 0.3) is 0 Å². The summed E-state index contributed by atoms with van der Waals surface area (Å²) in [6.07, 6.45) is 7.66. The average Bonchev–Trinajstić information content (AvgIpc) is 2.54. The van der Waals surface area contributed by atoms with Gasteiger partial charge in [0.25, 0.3) is 0 Å². The zero-order valence-electron chi connectivity index (χ0n) is 13.6. The SMILES string of the molecule is NC1C2CCCC1CC(C(=O)Nc1ccc3c(c1)CCCO3)C2. The van der Waals surface area contributed by atoms with Gasteiger partial charge in [0.15, 0.2) is 0 Å². The molecule has 4 heteroatoms. The number of carbonyl (C=O) groups excluding carboxylic acids is 1. The maximum atomic E-state index is 12.7. The van der Waals surface area contributed by atoms with Crippen LogP contribution in [0.15, 0.2) is 18.2 Å². The second kappa shape index (κ2) is 6.16. The molecule has 124 valence electrons. The molecule has 2 bridgehead atoms. The van der Waals surface area contributed by atoms with Gasteiger partial charge in [-0.1, -0.05) is 6.42 Å².